The Hall–Kier alpha value is -0.780. The number of hydrogen-bond acceptors (Lipinski definition) is 4. The van der Waals surface area contributed by atoms with Crippen molar-refractivity contribution in [2.24, 2.45) is 0 Å². The van der Waals surface area contributed by atoms with Gasteiger partial charge in [-0.2, -0.15) is 0 Å². The Balaban J connectivity index is 2.68. The van der Waals surface area contributed by atoms with Gasteiger partial charge in [-0.1, -0.05) is 29.8 Å². The topological polar surface area (TPSA) is 61.7 Å². The molecule has 0 heterocycles. The highest BCUT2D eigenvalue weighted by Crippen LogP contribution is 2.32. The zero-order chi connectivity index (χ0) is 14.5. The number of aliphatic hydroxyl groups is 1. The standard InChI is InChI=1S/C14H22BrNO3/c1-4-14(18,5-2)9-16-8-10-6-13(19-3)12(17)7-11(10)15/h6-7,16-18H,4-5,8-9H2,1-3H3. The summed E-state index contributed by atoms with van der Waals surface area (Å²) < 4.78 is 5.90. The van der Waals surface area contributed by atoms with E-state index in [1.165, 1.54) is 7.11 Å². The van der Waals surface area contributed by atoms with Gasteiger partial charge in [0.1, 0.15) is 0 Å². The molecule has 0 aliphatic heterocycles. The van der Waals surface area contributed by atoms with Crippen molar-refractivity contribution in [1.82, 2.24) is 5.32 Å². The number of hydrogen-bond donors (Lipinski definition) is 3. The predicted octanol–water partition coefficient (Wildman–Crippen LogP) is 2.80. The Morgan fingerprint density at radius 2 is 1.95 bits per heavy atom. The van der Waals surface area contributed by atoms with Crippen molar-refractivity contribution in [1.29, 1.82) is 0 Å². The number of phenols is 1. The fourth-order valence-corrected chi connectivity index (χ4v) is 2.29. The van der Waals surface area contributed by atoms with Crippen molar-refractivity contribution in [2.45, 2.75) is 38.8 Å². The third-order valence-electron chi connectivity index (χ3n) is 3.43. The normalized spacial score (nSPS) is 11.6. The molecular weight excluding hydrogens is 310 g/mol. The molecule has 108 valence electrons. The minimum absolute atomic E-state index is 0.108. The van der Waals surface area contributed by atoms with Gasteiger partial charge in [0.25, 0.3) is 0 Å². The van der Waals surface area contributed by atoms with Gasteiger partial charge in [-0.3, -0.25) is 0 Å². The summed E-state index contributed by atoms with van der Waals surface area (Å²) in [6.07, 6.45) is 1.44. The molecule has 1 aromatic carbocycles. The Kier molecular flexibility index (Phi) is 6.10. The van der Waals surface area contributed by atoms with E-state index in [-0.39, 0.29) is 5.75 Å². The summed E-state index contributed by atoms with van der Waals surface area (Å²) >= 11 is 3.41. The van der Waals surface area contributed by atoms with Crippen LogP contribution in [0.2, 0.25) is 0 Å². The van der Waals surface area contributed by atoms with Crippen molar-refractivity contribution in [2.75, 3.05) is 13.7 Å². The number of rotatable bonds is 7. The Bertz CT molecular complexity index is 419. The summed E-state index contributed by atoms with van der Waals surface area (Å²) in [5, 5.41) is 23.1. The lowest BCUT2D eigenvalue weighted by Crippen LogP contribution is -2.39. The van der Waals surface area contributed by atoms with Gasteiger partial charge >= 0.3 is 0 Å². The summed E-state index contributed by atoms with van der Waals surface area (Å²) in [5.41, 5.74) is 0.317. The zero-order valence-electron chi connectivity index (χ0n) is 11.7. The number of phenolic OH excluding ortho intramolecular Hbond substituents is 1. The number of ether oxygens (including phenoxy) is 1. The van der Waals surface area contributed by atoms with E-state index in [0.29, 0.717) is 18.8 Å². The van der Waals surface area contributed by atoms with Crippen molar-refractivity contribution < 1.29 is 14.9 Å². The molecule has 0 aliphatic carbocycles. The molecular formula is C14H22BrNO3. The fraction of sp³-hybridized carbons (Fsp3) is 0.571. The molecule has 0 unspecified atom stereocenters. The summed E-state index contributed by atoms with van der Waals surface area (Å²) in [5.74, 6) is 0.554. The first-order valence-electron chi connectivity index (χ1n) is 6.44. The van der Waals surface area contributed by atoms with E-state index in [4.69, 9.17) is 4.74 Å². The third kappa shape index (κ3) is 4.37. The largest absolute Gasteiger partial charge is 0.504 e. The third-order valence-corrected chi connectivity index (χ3v) is 4.17. The van der Waals surface area contributed by atoms with Gasteiger partial charge in [0, 0.05) is 17.6 Å². The molecule has 1 aromatic rings. The number of halogens is 1. The minimum atomic E-state index is -0.659. The van der Waals surface area contributed by atoms with E-state index < -0.39 is 5.60 Å². The van der Waals surface area contributed by atoms with E-state index >= 15 is 0 Å². The van der Waals surface area contributed by atoms with Gasteiger partial charge < -0.3 is 20.3 Å². The van der Waals surface area contributed by atoms with Crippen molar-refractivity contribution in [3.8, 4) is 11.5 Å². The van der Waals surface area contributed by atoms with Crippen LogP contribution in [0.25, 0.3) is 0 Å². The van der Waals surface area contributed by atoms with Gasteiger partial charge in [-0.25, -0.2) is 0 Å². The second-order valence-corrected chi connectivity index (χ2v) is 5.50. The first-order chi connectivity index (χ1) is 8.95. The van der Waals surface area contributed by atoms with Crippen molar-refractivity contribution >= 4 is 15.9 Å². The highest BCUT2D eigenvalue weighted by molar-refractivity contribution is 9.10. The number of nitrogens with one attached hydrogen (secondary N) is 1. The average molecular weight is 332 g/mol. The van der Waals surface area contributed by atoms with E-state index in [1.807, 2.05) is 13.8 Å². The van der Waals surface area contributed by atoms with Crippen LogP contribution in [0.3, 0.4) is 0 Å². The van der Waals surface area contributed by atoms with Crippen LogP contribution in [0.4, 0.5) is 0 Å². The van der Waals surface area contributed by atoms with Crippen molar-refractivity contribution in [3.63, 3.8) is 0 Å². The van der Waals surface area contributed by atoms with Crippen LogP contribution < -0.4 is 10.1 Å². The van der Waals surface area contributed by atoms with E-state index in [1.54, 1.807) is 12.1 Å². The molecule has 1 rings (SSSR count). The molecule has 0 spiro atoms. The molecule has 0 amide bonds. The summed E-state index contributed by atoms with van der Waals surface area (Å²) in [4.78, 5) is 0. The van der Waals surface area contributed by atoms with Gasteiger partial charge in [-0.15, -0.1) is 0 Å². The first-order valence-corrected chi connectivity index (χ1v) is 7.23. The molecule has 4 nitrogen and oxygen atoms in total. The second-order valence-electron chi connectivity index (χ2n) is 4.65. The zero-order valence-corrected chi connectivity index (χ0v) is 13.2. The molecule has 19 heavy (non-hydrogen) atoms. The SMILES string of the molecule is CCC(O)(CC)CNCc1cc(OC)c(O)cc1Br. The molecule has 0 aliphatic rings. The molecule has 0 bridgehead atoms. The highest BCUT2D eigenvalue weighted by atomic mass is 79.9. The van der Waals surface area contributed by atoms with Crippen LogP contribution in [0.5, 0.6) is 11.5 Å². The number of methoxy groups -OCH3 is 1. The van der Waals surface area contributed by atoms with Crippen molar-refractivity contribution in [3.05, 3.63) is 22.2 Å². The van der Waals surface area contributed by atoms with Crippen LogP contribution in [0, 0.1) is 0 Å². The number of aromatic hydroxyl groups is 1. The summed E-state index contributed by atoms with van der Waals surface area (Å²) in [6, 6.07) is 3.39. The van der Waals surface area contributed by atoms with Crippen LogP contribution in [0.15, 0.2) is 16.6 Å². The quantitative estimate of drug-likeness (QED) is 0.719. The molecule has 0 atom stereocenters. The maximum absolute atomic E-state index is 10.2. The Morgan fingerprint density at radius 1 is 1.32 bits per heavy atom. The molecule has 0 saturated carbocycles. The molecule has 3 N–H and O–H groups in total. The molecule has 0 radical (unpaired) electrons. The number of benzene rings is 1. The lowest BCUT2D eigenvalue weighted by Gasteiger charge is -2.25. The monoisotopic (exact) mass is 331 g/mol. The van der Waals surface area contributed by atoms with E-state index in [0.717, 1.165) is 22.9 Å². The first kappa shape index (κ1) is 16.3. The van der Waals surface area contributed by atoms with Gasteiger partial charge in [-0.05, 0) is 30.5 Å². The van der Waals surface area contributed by atoms with Crippen LogP contribution >= 0.6 is 15.9 Å². The maximum Gasteiger partial charge on any atom is 0.160 e. The lowest BCUT2D eigenvalue weighted by atomic mass is 9.97. The van der Waals surface area contributed by atoms with Gasteiger partial charge in [0.15, 0.2) is 11.5 Å². The molecule has 0 saturated heterocycles. The minimum Gasteiger partial charge on any atom is -0.504 e. The maximum atomic E-state index is 10.2. The molecule has 0 fully saturated rings. The second kappa shape index (κ2) is 7.12. The van der Waals surface area contributed by atoms with Gasteiger partial charge in [0.05, 0.1) is 12.7 Å². The smallest absolute Gasteiger partial charge is 0.160 e. The Morgan fingerprint density at radius 3 is 2.47 bits per heavy atom. The lowest BCUT2D eigenvalue weighted by molar-refractivity contribution is 0.0323. The molecule has 5 heteroatoms. The Labute approximate surface area is 122 Å². The summed E-state index contributed by atoms with van der Waals surface area (Å²) in [6.45, 7) is 5.09. The average Bonchev–Trinajstić information content (AvgIpc) is 2.41. The molecule has 0 aromatic heterocycles. The fourth-order valence-electron chi connectivity index (χ4n) is 1.81. The van der Waals surface area contributed by atoms with Gasteiger partial charge in [0.2, 0.25) is 0 Å². The van der Waals surface area contributed by atoms with E-state index in [2.05, 4.69) is 21.2 Å². The van der Waals surface area contributed by atoms with Crippen LogP contribution in [0.1, 0.15) is 32.3 Å². The highest BCUT2D eigenvalue weighted by Gasteiger charge is 2.21. The van der Waals surface area contributed by atoms with Crippen LogP contribution in [-0.2, 0) is 6.54 Å². The van der Waals surface area contributed by atoms with E-state index in [9.17, 15) is 10.2 Å². The van der Waals surface area contributed by atoms with Crippen LogP contribution in [-0.4, -0.2) is 29.5 Å². The summed E-state index contributed by atoms with van der Waals surface area (Å²) in [7, 11) is 1.52. The predicted molar refractivity (Wildman–Crippen MR) is 79.6 cm³/mol.